The zero-order valence-corrected chi connectivity index (χ0v) is 38.1. The third-order valence-electron chi connectivity index (χ3n) is 12.2. The first-order valence-corrected chi connectivity index (χ1v) is 24.9. The molecule has 0 aromatic carbocycles. The molecular formula is C50H104ClN. The Morgan fingerprint density at radius 2 is 0.308 bits per heavy atom. The highest BCUT2D eigenvalue weighted by Gasteiger charge is 2.13. The van der Waals surface area contributed by atoms with Crippen LogP contribution in [0.15, 0.2) is 0 Å². The SMILES string of the molecule is CCCCCCCCCCCCCCCCCCCCCCCC[N+](C)(C)CCCCCCCCCCCCCCCCCCCCCCCC.[Cl-]. The van der Waals surface area contributed by atoms with Crippen molar-refractivity contribution < 1.29 is 16.9 Å². The minimum Gasteiger partial charge on any atom is -1.00 e. The van der Waals surface area contributed by atoms with E-state index in [-0.39, 0.29) is 12.4 Å². The van der Waals surface area contributed by atoms with Crippen LogP contribution < -0.4 is 12.4 Å². The minimum atomic E-state index is 0. The molecule has 2 heteroatoms. The van der Waals surface area contributed by atoms with Gasteiger partial charge in [-0.1, -0.05) is 271 Å². The van der Waals surface area contributed by atoms with Crippen LogP contribution in [0.3, 0.4) is 0 Å². The van der Waals surface area contributed by atoms with Crippen molar-refractivity contribution >= 4 is 0 Å². The van der Waals surface area contributed by atoms with E-state index in [2.05, 4.69) is 27.9 Å². The van der Waals surface area contributed by atoms with Gasteiger partial charge in [-0.15, -0.1) is 0 Å². The number of hydrogen-bond donors (Lipinski definition) is 0. The second kappa shape index (κ2) is 47.4. The first kappa shape index (κ1) is 54.4. The Kier molecular flexibility index (Phi) is 49.5. The van der Waals surface area contributed by atoms with E-state index >= 15 is 0 Å². The molecule has 0 aromatic heterocycles. The number of quaternary nitrogens is 1. The molecule has 316 valence electrons. The molecule has 0 unspecified atom stereocenters. The molecule has 0 atom stereocenters. The summed E-state index contributed by atoms with van der Waals surface area (Å²) >= 11 is 0. The lowest BCUT2D eigenvalue weighted by atomic mass is 10.0. The zero-order valence-electron chi connectivity index (χ0n) is 37.4. The number of rotatable bonds is 46. The van der Waals surface area contributed by atoms with E-state index in [0.717, 1.165) is 0 Å². The monoisotopic (exact) mass is 754 g/mol. The van der Waals surface area contributed by atoms with Crippen LogP contribution in [0, 0.1) is 0 Å². The van der Waals surface area contributed by atoms with Crippen LogP contribution in [0.1, 0.15) is 296 Å². The van der Waals surface area contributed by atoms with Gasteiger partial charge < -0.3 is 16.9 Å². The summed E-state index contributed by atoms with van der Waals surface area (Å²) in [5.74, 6) is 0. The highest BCUT2D eigenvalue weighted by atomic mass is 35.5. The van der Waals surface area contributed by atoms with Crippen molar-refractivity contribution in [3.63, 3.8) is 0 Å². The maximum Gasteiger partial charge on any atom is 0.0782 e. The quantitative estimate of drug-likeness (QED) is 0.0429. The molecule has 0 N–H and O–H groups in total. The van der Waals surface area contributed by atoms with E-state index in [4.69, 9.17) is 0 Å². The van der Waals surface area contributed by atoms with E-state index < -0.39 is 0 Å². The fourth-order valence-corrected chi connectivity index (χ4v) is 8.41. The molecule has 0 radical (unpaired) electrons. The third kappa shape index (κ3) is 48.3. The van der Waals surface area contributed by atoms with Crippen molar-refractivity contribution in [3.05, 3.63) is 0 Å². The summed E-state index contributed by atoms with van der Waals surface area (Å²) in [6, 6.07) is 0. The second-order valence-corrected chi connectivity index (χ2v) is 18.2. The van der Waals surface area contributed by atoms with Gasteiger partial charge in [-0.3, -0.25) is 0 Å². The maximum atomic E-state index is 2.48. The number of halogens is 1. The molecule has 0 aliphatic carbocycles. The largest absolute Gasteiger partial charge is 1.00 e. The van der Waals surface area contributed by atoms with E-state index in [1.807, 2.05) is 0 Å². The molecule has 0 aromatic rings. The van der Waals surface area contributed by atoms with Gasteiger partial charge in [0.15, 0.2) is 0 Å². The Labute approximate surface area is 339 Å². The minimum absolute atomic E-state index is 0. The third-order valence-corrected chi connectivity index (χ3v) is 12.2. The Balaban J connectivity index is 0. The Hall–Kier alpha value is 0.250. The smallest absolute Gasteiger partial charge is 0.0782 e. The summed E-state index contributed by atoms with van der Waals surface area (Å²) in [5, 5.41) is 0. The van der Waals surface area contributed by atoms with Gasteiger partial charge in [0.2, 0.25) is 0 Å². The number of hydrogen-bond acceptors (Lipinski definition) is 0. The first-order valence-electron chi connectivity index (χ1n) is 24.9. The molecule has 1 nitrogen and oxygen atoms in total. The first-order chi connectivity index (χ1) is 25.1. The van der Waals surface area contributed by atoms with Crippen LogP contribution in [0.25, 0.3) is 0 Å². The molecule has 0 amide bonds. The van der Waals surface area contributed by atoms with Crippen LogP contribution >= 0.6 is 0 Å². The Bertz CT molecular complexity index is 553. The van der Waals surface area contributed by atoms with Gasteiger partial charge >= 0.3 is 0 Å². The van der Waals surface area contributed by atoms with Crippen molar-refractivity contribution in [1.29, 1.82) is 0 Å². The van der Waals surface area contributed by atoms with Crippen molar-refractivity contribution in [1.82, 2.24) is 0 Å². The summed E-state index contributed by atoms with van der Waals surface area (Å²) in [6.45, 7) is 7.40. The van der Waals surface area contributed by atoms with E-state index in [0.29, 0.717) is 0 Å². The summed E-state index contributed by atoms with van der Waals surface area (Å²) in [7, 11) is 4.96. The van der Waals surface area contributed by atoms with E-state index in [1.54, 1.807) is 0 Å². The molecule has 0 saturated heterocycles. The van der Waals surface area contributed by atoms with Crippen LogP contribution in [0.4, 0.5) is 0 Å². The lowest BCUT2D eigenvalue weighted by Gasteiger charge is -2.30. The molecule has 0 bridgehead atoms. The fourth-order valence-electron chi connectivity index (χ4n) is 8.41. The van der Waals surface area contributed by atoms with Crippen molar-refractivity contribution in [2.45, 2.75) is 296 Å². The summed E-state index contributed by atoms with van der Waals surface area (Å²) in [6.07, 6.45) is 64.9. The molecule has 0 saturated carbocycles. The topological polar surface area (TPSA) is 0 Å². The lowest BCUT2D eigenvalue weighted by Crippen LogP contribution is -3.00. The molecule has 0 heterocycles. The van der Waals surface area contributed by atoms with Crippen molar-refractivity contribution in [3.8, 4) is 0 Å². The molecule has 0 rings (SSSR count). The highest BCUT2D eigenvalue weighted by molar-refractivity contribution is 4.54. The summed E-state index contributed by atoms with van der Waals surface area (Å²) < 4.78 is 1.25. The van der Waals surface area contributed by atoms with Gasteiger partial charge in [0, 0.05) is 0 Å². The predicted molar refractivity (Wildman–Crippen MR) is 236 cm³/mol. The van der Waals surface area contributed by atoms with Crippen LogP contribution in [0.5, 0.6) is 0 Å². The maximum absolute atomic E-state index is 2.48. The molecule has 0 aliphatic heterocycles. The van der Waals surface area contributed by atoms with Gasteiger partial charge in [-0.05, 0) is 25.7 Å². The van der Waals surface area contributed by atoms with Gasteiger partial charge in [0.05, 0.1) is 27.2 Å². The number of nitrogens with zero attached hydrogens (tertiary/aromatic N) is 1. The van der Waals surface area contributed by atoms with Gasteiger partial charge in [0.1, 0.15) is 0 Å². The van der Waals surface area contributed by atoms with Gasteiger partial charge in [-0.2, -0.15) is 0 Å². The van der Waals surface area contributed by atoms with E-state index in [1.165, 1.54) is 300 Å². The molecule has 0 spiro atoms. The van der Waals surface area contributed by atoms with Crippen molar-refractivity contribution in [2.75, 3.05) is 27.2 Å². The van der Waals surface area contributed by atoms with Crippen LogP contribution in [0.2, 0.25) is 0 Å². The second-order valence-electron chi connectivity index (χ2n) is 18.2. The summed E-state index contributed by atoms with van der Waals surface area (Å²) in [4.78, 5) is 0. The van der Waals surface area contributed by atoms with Gasteiger partial charge in [0.25, 0.3) is 0 Å². The molecular weight excluding hydrogens is 650 g/mol. The standard InChI is InChI=1S/C50H104N.ClH/c1-5-7-9-11-13-15-17-19-21-23-25-27-29-31-33-35-37-39-41-43-45-47-49-51(3,4)50-48-46-44-42-40-38-36-34-32-30-28-26-24-22-20-18-16-14-12-10-8-6-2;/h5-50H2,1-4H3;1H/q+1;/p-1. The fraction of sp³-hybridized carbons (Fsp3) is 1.00. The van der Waals surface area contributed by atoms with Crippen molar-refractivity contribution in [2.24, 2.45) is 0 Å². The van der Waals surface area contributed by atoms with Crippen LogP contribution in [-0.2, 0) is 0 Å². The predicted octanol–water partition coefficient (Wildman–Crippen LogP) is 15.3. The lowest BCUT2D eigenvalue weighted by molar-refractivity contribution is -0.890. The normalized spacial score (nSPS) is 11.8. The Morgan fingerprint density at radius 3 is 0.442 bits per heavy atom. The summed E-state index contributed by atoms with van der Waals surface area (Å²) in [5.41, 5.74) is 0. The van der Waals surface area contributed by atoms with Gasteiger partial charge in [-0.25, -0.2) is 0 Å². The highest BCUT2D eigenvalue weighted by Crippen LogP contribution is 2.18. The van der Waals surface area contributed by atoms with E-state index in [9.17, 15) is 0 Å². The number of unbranched alkanes of at least 4 members (excludes halogenated alkanes) is 42. The molecule has 0 fully saturated rings. The average Bonchev–Trinajstić information content (AvgIpc) is 3.12. The molecule has 0 aliphatic rings. The average molecular weight is 755 g/mol. The zero-order chi connectivity index (χ0) is 37.0. The van der Waals surface area contributed by atoms with Crippen LogP contribution in [-0.4, -0.2) is 31.7 Å². The molecule has 52 heavy (non-hydrogen) atoms. The Morgan fingerprint density at radius 1 is 0.192 bits per heavy atom.